The zero-order chi connectivity index (χ0) is 21.3. The number of thiophene rings is 1. The molecule has 0 aliphatic carbocycles. The largest absolute Gasteiger partial charge is 0.378 e. The van der Waals surface area contributed by atoms with Gasteiger partial charge in [0.15, 0.2) is 0 Å². The molecule has 9 nitrogen and oxygen atoms in total. The summed E-state index contributed by atoms with van der Waals surface area (Å²) in [5, 5.41) is 5.19. The lowest BCUT2D eigenvalue weighted by Crippen LogP contribution is -2.40. The Kier molecular flexibility index (Phi) is 5.49. The van der Waals surface area contributed by atoms with Crippen LogP contribution in [0.1, 0.15) is 10.7 Å². The quantitative estimate of drug-likeness (QED) is 0.627. The topological polar surface area (TPSA) is 115 Å². The zero-order valence-corrected chi connectivity index (χ0v) is 16.8. The molecule has 0 unspecified atom stereocenters. The van der Waals surface area contributed by atoms with Gasteiger partial charge in [-0.05, 0) is 18.2 Å². The molecule has 1 aromatic carbocycles. The monoisotopic (exact) mass is 456 g/mol. The number of aromatic nitrogens is 2. The van der Waals surface area contributed by atoms with E-state index in [-0.39, 0.29) is 21.6 Å². The Balaban J connectivity index is 1.52. The summed E-state index contributed by atoms with van der Waals surface area (Å²) in [6, 6.07) is 3.76. The molecule has 0 radical (unpaired) electrons. The lowest BCUT2D eigenvalue weighted by atomic mass is 10.3. The van der Waals surface area contributed by atoms with Crippen LogP contribution in [-0.2, 0) is 14.8 Å². The normalized spacial score (nSPS) is 14.7. The van der Waals surface area contributed by atoms with Gasteiger partial charge in [-0.1, -0.05) is 5.16 Å². The lowest BCUT2D eigenvalue weighted by molar-refractivity contribution is 0.0272. The number of amides is 1. The van der Waals surface area contributed by atoms with Crippen LogP contribution >= 0.6 is 11.3 Å². The summed E-state index contributed by atoms with van der Waals surface area (Å²) < 4.78 is 63.9. The highest BCUT2D eigenvalue weighted by Gasteiger charge is 2.25. The maximum absolute atomic E-state index is 13.8. The zero-order valence-electron chi connectivity index (χ0n) is 15.2. The summed E-state index contributed by atoms with van der Waals surface area (Å²) in [5.41, 5.74) is -0.0750. The van der Waals surface area contributed by atoms with Gasteiger partial charge in [-0.15, -0.1) is 11.3 Å². The number of benzene rings is 1. The van der Waals surface area contributed by atoms with Gasteiger partial charge in [0.05, 0.1) is 18.9 Å². The van der Waals surface area contributed by atoms with Crippen LogP contribution in [-0.4, -0.2) is 55.7 Å². The van der Waals surface area contributed by atoms with Crippen molar-refractivity contribution < 1.29 is 31.3 Å². The fraction of sp³-hybridized carbons (Fsp3) is 0.235. The number of carbonyl (C=O) groups excluding carboxylic acids is 1. The molecule has 1 fully saturated rings. The van der Waals surface area contributed by atoms with Gasteiger partial charge in [-0.2, -0.15) is 4.98 Å². The molecule has 1 N–H and O–H groups in total. The average molecular weight is 456 g/mol. The van der Waals surface area contributed by atoms with E-state index >= 15 is 0 Å². The third-order valence-corrected chi connectivity index (χ3v) is 6.99. The first kappa shape index (κ1) is 20.4. The summed E-state index contributed by atoms with van der Waals surface area (Å²) in [6.07, 6.45) is 0. The Labute approximate surface area is 173 Å². The van der Waals surface area contributed by atoms with Crippen molar-refractivity contribution in [1.29, 1.82) is 0 Å². The third-order valence-electron chi connectivity index (χ3n) is 4.18. The number of hydrogen-bond acceptors (Lipinski definition) is 8. The first-order valence-electron chi connectivity index (χ1n) is 8.61. The van der Waals surface area contributed by atoms with E-state index < -0.39 is 27.6 Å². The molecule has 30 heavy (non-hydrogen) atoms. The SMILES string of the molecule is O=C(c1nc(-c2csc(S(=O)(=O)Nc3ccc(F)cc3F)c2)no1)N1CCOCC1. The molecule has 0 spiro atoms. The number of sulfonamides is 1. The van der Waals surface area contributed by atoms with E-state index in [9.17, 15) is 22.0 Å². The number of halogens is 2. The molecule has 13 heteroatoms. The summed E-state index contributed by atoms with van der Waals surface area (Å²) in [4.78, 5) is 17.9. The van der Waals surface area contributed by atoms with Crippen molar-refractivity contribution in [2.75, 3.05) is 31.0 Å². The van der Waals surface area contributed by atoms with Crippen molar-refractivity contribution in [2.45, 2.75) is 4.21 Å². The second-order valence-corrected chi connectivity index (χ2v) is 9.03. The van der Waals surface area contributed by atoms with Crippen LogP contribution in [0.2, 0.25) is 0 Å². The van der Waals surface area contributed by atoms with Crippen molar-refractivity contribution in [3.8, 4) is 11.4 Å². The highest BCUT2D eigenvalue weighted by molar-refractivity contribution is 7.94. The van der Waals surface area contributed by atoms with Gasteiger partial charge in [0, 0.05) is 30.1 Å². The fourth-order valence-electron chi connectivity index (χ4n) is 2.67. The van der Waals surface area contributed by atoms with Crippen LogP contribution < -0.4 is 4.72 Å². The second-order valence-electron chi connectivity index (χ2n) is 6.21. The Morgan fingerprint density at radius 2 is 1.97 bits per heavy atom. The first-order chi connectivity index (χ1) is 14.3. The summed E-state index contributed by atoms with van der Waals surface area (Å²) >= 11 is 0.845. The number of hydrogen-bond donors (Lipinski definition) is 1. The minimum absolute atomic E-state index is 0.0391. The van der Waals surface area contributed by atoms with Crippen LogP contribution in [0.15, 0.2) is 38.4 Å². The van der Waals surface area contributed by atoms with Gasteiger partial charge < -0.3 is 14.2 Å². The minimum Gasteiger partial charge on any atom is -0.378 e. The van der Waals surface area contributed by atoms with Gasteiger partial charge in [0.25, 0.3) is 10.0 Å². The molecule has 0 saturated carbocycles. The number of nitrogens with one attached hydrogen (secondary N) is 1. The molecule has 0 bridgehead atoms. The summed E-state index contributed by atoms with van der Waals surface area (Å²) in [6.45, 7) is 1.65. The van der Waals surface area contributed by atoms with E-state index in [0.29, 0.717) is 37.9 Å². The number of anilines is 1. The van der Waals surface area contributed by atoms with Gasteiger partial charge in [0.1, 0.15) is 15.8 Å². The molecule has 158 valence electrons. The predicted octanol–water partition coefficient (Wildman–Crippen LogP) is 2.35. The standard InChI is InChI=1S/C17H14F2N4O5S2/c18-11-1-2-13(12(19)8-11)22-30(25,26)14-7-10(9-29-14)15-20-16(28-21-15)17(24)23-3-5-27-6-4-23/h1-2,7-9,22H,3-6H2. The molecule has 3 heterocycles. The highest BCUT2D eigenvalue weighted by Crippen LogP contribution is 2.29. The molecule has 1 aliphatic heterocycles. The Morgan fingerprint density at radius 1 is 1.20 bits per heavy atom. The number of ether oxygens (including phenoxy) is 1. The molecule has 1 aliphatic rings. The van der Waals surface area contributed by atoms with E-state index in [1.807, 2.05) is 0 Å². The molecular weight excluding hydrogens is 442 g/mol. The second kappa shape index (κ2) is 8.08. The highest BCUT2D eigenvalue weighted by atomic mass is 32.2. The molecule has 1 saturated heterocycles. The third kappa shape index (κ3) is 4.17. The Hall–Kier alpha value is -2.90. The van der Waals surface area contributed by atoms with E-state index in [1.165, 1.54) is 16.3 Å². The number of carbonyl (C=O) groups is 1. The molecule has 3 aromatic rings. The van der Waals surface area contributed by atoms with Crippen LogP contribution in [0.25, 0.3) is 11.4 Å². The van der Waals surface area contributed by atoms with E-state index in [0.717, 1.165) is 23.5 Å². The van der Waals surface area contributed by atoms with Gasteiger partial charge in [0.2, 0.25) is 5.82 Å². The number of nitrogens with zero attached hydrogens (tertiary/aromatic N) is 3. The van der Waals surface area contributed by atoms with Gasteiger partial charge in [-0.3, -0.25) is 9.52 Å². The maximum atomic E-state index is 13.8. The predicted molar refractivity (Wildman–Crippen MR) is 102 cm³/mol. The summed E-state index contributed by atoms with van der Waals surface area (Å²) in [7, 11) is -4.13. The molecule has 4 rings (SSSR count). The van der Waals surface area contributed by atoms with Crippen LogP contribution in [0, 0.1) is 11.6 Å². The molecule has 1 amide bonds. The summed E-state index contributed by atoms with van der Waals surface area (Å²) in [5.74, 6) is -2.48. The fourth-order valence-corrected chi connectivity index (χ4v) is 4.90. The van der Waals surface area contributed by atoms with Crippen LogP contribution in [0.4, 0.5) is 14.5 Å². The number of morpholine rings is 1. The van der Waals surface area contributed by atoms with E-state index in [2.05, 4.69) is 14.9 Å². The molecule has 2 aromatic heterocycles. The number of rotatable bonds is 5. The van der Waals surface area contributed by atoms with Crippen molar-refractivity contribution in [2.24, 2.45) is 0 Å². The van der Waals surface area contributed by atoms with Crippen molar-refractivity contribution in [1.82, 2.24) is 15.0 Å². The average Bonchev–Trinajstić information content (AvgIpc) is 3.40. The minimum atomic E-state index is -4.13. The smallest absolute Gasteiger partial charge is 0.316 e. The van der Waals surface area contributed by atoms with Crippen LogP contribution in [0.3, 0.4) is 0 Å². The van der Waals surface area contributed by atoms with Crippen molar-refractivity contribution in [3.63, 3.8) is 0 Å². The van der Waals surface area contributed by atoms with Gasteiger partial charge >= 0.3 is 11.8 Å². The van der Waals surface area contributed by atoms with Crippen molar-refractivity contribution >= 4 is 33.0 Å². The lowest BCUT2D eigenvalue weighted by Gasteiger charge is -2.25. The first-order valence-corrected chi connectivity index (χ1v) is 11.0. The molecular formula is C17H14F2N4O5S2. The maximum Gasteiger partial charge on any atom is 0.316 e. The van der Waals surface area contributed by atoms with Gasteiger partial charge in [-0.25, -0.2) is 17.2 Å². The Morgan fingerprint density at radius 3 is 2.70 bits per heavy atom. The van der Waals surface area contributed by atoms with E-state index in [4.69, 9.17) is 9.26 Å². The van der Waals surface area contributed by atoms with E-state index in [1.54, 1.807) is 0 Å². The van der Waals surface area contributed by atoms with Crippen molar-refractivity contribution in [3.05, 3.63) is 47.2 Å². The molecule has 0 atom stereocenters. The Bertz CT molecular complexity index is 1190. The van der Waals surface area contributed by atoms with Crippen LogP contribution in [0.5, 0.6) is 0 Å².